The van der Waals surface area contributed by atoms with Crippen molar-refractivity contribution < 1.29 is 23.4 Å². The number of carbonyl (C=O) groups is 1. The van der Waals surface area contributed by atoms with Crippen LogP contribution in [0.15, 0.2) is 36.4 Å². The number of hydrogen-bond acceptors (Lipinski definition) is 4. The molecule has 0 aliphatic heterocycles. The van der Waals surface area contributed by atoms with Crippen LogP contribution in [0.1, 0.15) is 15.9 Å². The van der Waals surface area contributed by atoms with Crippen LogP contribution in [0.2, 0.25) is 5.02 Å². The molecule has 0 heterocycles. The Kier molecular flexibility index (Phi) is 5.22. The molecule has 0 saturated carbocycles. The van der Waals surface area contributed by atoms with E-state index in [0.29, 0.717) is 17.1 Å². The number of esters is 1. The lowest BCUT2D eigenvalue weighted by Gasteiger charge is -2.12. The maximum atomic E-state index is 13.0. The summed E-state index contributed by atoms with van der Waals surface area (Å²) in [6.07, 6.45) is 0. The highest BCUT2D eigenvalue weighted by Gasteiger charge is 2.15. The first-order valence-corrected chi connectivity index (χ1v) is 6.76. The van der Waals surface area contributed by atoms with Crippen LogP contribution in [0.4, 0.5) is 4.39 Å². The van der Waals surface area contributed by atoms with E-state index >= 15 is 0 Å². The van der Waals surface area contributed by atoms with Crippen molar-refractivity contribution in [1.82, 2.24) is 0 Å². The predicted octanol–water partition coefficient (Wildman–Crippen LogP) is 3.85. The van der Waals surface area contributed by atoms with Crippen molar-refractivity contribution in [3.8, 4) is 11.5 Å². The van der Waals surface area contributed by atoms with Crippen molar-refractivity contribution in [2.45, 2.75) is 6.61 Å². The summed E-state index contributed by atoms with van der Waals surface area (Å²) in [7, 11) is 2.79. The second-order valence-electron chi connectivity index (χ2n) is 4.38. The van der Waals surface area contributed by atoms with Gasteiger partial charge in [0.2, 0.25) is 0 Å². The van der Waals surface area contributed by atoms with Crippen molar-refractivity contribution in [1.29, 1.82) is 0 Å². The highest BCUT2D eigenvalue weighted by atomic mass is 35.5. The van der Waals surface area contributed by atoms with Crippen LogP contribution in [0.3, 0.4) is 0 Å². The van der Waals surface area contributed by atoms with Gasteiger partial charge in [0.1, 0.15) is 29.5 Å². The van der Waals surface area contributed by atoms with E-state index in [1.807, 2.05) is 0 Å². The zero-order valence-electron chi connectivity index (χ0n) is 12.1. The van der Waals surface area contributed by atoms with E-state index in [1.165, 1.54) is 32.4 Å². The van der Waals surface area contributed by atoms with Crippen molar-refractivity contribution in [3.05, 3.63) is 58.4 Å². The normalized spacial score (nSPS) is 10.2. The molecule has 2 aromatic rings. The van der Waals surface area contributed by atoms with Crippen molar-refractivity contribution in [2.75, 3.05) is 14.2 Å². The predicted molar refractivity (Wildman–Crippen MR) is 80.1 cm³/mol. The fraction of sp³-hybridized carbons (Fsp3) is 0.188. The van der Waals surface area contributed by atoms with Crippen LogP contribution >= 0.6 is 11.6 Å². The summed E-state index contributed by atoms with van der Waals surface area (Å²) in [4.78, 5) is 11.7. The average molecular weight is 325 g/mol. The molecule has 0 atom stereocenters. The molecule has 4 nitrogen and oxygen atoms in total. The summed E-state index contributed by atoms with van der Waals surface area (Å²) < 4.78 is 28.5. The Morgan fingerprint density at radius 2 is 1.95 bits per heavy atom. The molecule has 2 rings (SSSR count). The topological polar surface area (TPSA) is 44.8 Å². The molecule has 0 amide bonds. The summed E-state index contributed by atoms with van der Waals surface area (Å²) in [5, 5.41) is 0.252. The maximum absolute atomic E-state index is 13.0. The lowest BCUT2D eigenvalue weighted by atomic mass is 10.2. The molecule has 2 aromatic carbocycles. The summed E-state index contributed by atoms with van der Waals surface area (Å²) in [5.41, 5.74) is 0.864. The van der Waals surface area contributed by atoms with Gasteiger partial charge in [-0.15, -0.1) is 0 Å². The second kappa shape index (κ2) is 7.13. The maximum Gasteiger partial charge on any atom is 0.341 e. The molecule has 116 valence electrons. The highest BCUT2D eigenvalue weighted by molar-refractivity contribution is 6.31. The SMILES string of the molecule is COC(=O)c1ccc(OC)cc1OCc1ccc(F)cc1Cl. The lowest BCUT2D eigenvalue weighted by molar-refractivity contribution is 0.0595. The minimum absolute atomic E-state index is 0.0796. The zero-order chi connectivity index (χ0) is 16.1. The van der Waals surface area contributed by atoms with Crippen LogP contribution in [-0.4, -0.2) is 20.2 Å². The standard InChI is InChI=1S/C16H14ClFO4/c1-20-12-5-6-13(16(19)21-2)15(8-12)22-9-10-3-4-11(18)7-14(10)17/h3-8H,9H2,1-2H3. The van der Waals surface area contributed by atoms with Gasteiger partial charge in [-0.05, 0) is 24.3 Å². The van der Waals surface area contributed by atoms with Gasteiger partial charge in [0.15, 0.2) is 0 Å². The Bertz CT molecular complexity index is 688. The van der Waals surface area contributed by atoms with Crippen molar-refractivity contribution >= 4 is 17.6 Å². The van der Waals surface area contributed by atoms with Gasteiger partial charge in [0, 0.05) is 11.6 Å². The number of methoxy groups -OCH3 is 2. The van der Waals surface area contributed by atoms with E-state index in [2.05, 4.69) is 0 Å². The highest BCUT2D eigenvalue weighted by Crippen LogP contribution is 2.27. The molecule has 0 N–H and O–H groups in total. The van der Waals surface area contributed by atoms with Crippen molar-refractivity contribution in [2.24, 2.45) is 0 Å². The molecule has 0 spiro atoms. The van der Waals surface area contributed by atoms with E-state index in [0.717, 1.165) is 0 Å². The molecule has 0 saturated heterocycles. The molecule has 0 aliphatic carbocycles. The smallest absolute Gasteiger partial charge is 0.341 e. The zero-order valence-corrected chi connectivity index (χ0v) is 12.8. The molecular weight excluding hydrogens is 311 g/mol. The first-order valence-electron chi connectivity index (χ1n) is 6.38. The van der Waals surface area contributed by atoms with Crippen LogP contribution in [0, 0.1) is 5.82 Å². The number of hydrogen-bond donors (Lipinski definition) is 0. The summed E-state index contributed by atoms with van der Waals surface area (Å²) in [5.74, 6) is -0.118. The minimum Gasteiger partial charge on any atom is -0.497 e. The van der Waals surface area contributed by atoms with Gasteiger partial charge in [0.25, 0.3) is 0 Å². The fourth-order valence-corrected chi connectivity index (χ4v) is 2.04. The van der Waals surface area contributed by atoms with Gasteiger partial charge in [-0.2, -0.15) is 0 Å². The van der Waals surface area contributed by atoms with E-state index in [9.17, 15) is 9.18 Å². The Morgan fingerprint density at radius 3 is 2.59 bits per heavy atom. The summed E-state index contributed by atoms with van der Waals surface area (Å²) in [6, 6.07) is 8.76. The quantitative estimate of drug-likeness (QED) is 0.784. The van der Waals surface area contributed by atoms with E-state index in [1.54, 1.807) is 18.2 Å². The van der Waals surface area contributed by atoms with Gasteiger partial charge in [-0.1, -0.05) is 17.7 Å². The molecule has 0 bridgehead atoms. The Balaban J connectivity index is 2.25. The Labute approximate surface area is 132 Å². The molecule has 0 aliphatic rings. The molecule has 0 fully saturated rings. The van der Waals surface area contributed by atoms with Crippen LogP contribution in [0.5, 0.6) is 11.5 Å². The summed E-state index contributed by atoms with van der Waals surface area (Å²) >= 11 is 5.95. The van der Waals surface area contributed by atoms with Gasteiger partial charge in [-0.3, -0.25) is 0 Å². The largest absolute Gasteiger partial charge is 0.497 e. The van der Waals surface area contributed by atoms with Crippen molar-refractivity contribution in [3.63, 3.8) is 0 Å². The first kappa shape index (κ1) is 16.1. The number of carbonyl (C=O) groups excluding carboxylic acids is 1. The van der Waals surface area contributed by atoms with E-state index < -0.39 is 11.8 Å². The lowest BCUT2D eigenvalue weighted by Crippen LogP contribution is -2.06. The van der Waals surface area contributed by atoms with E-state index in [-0.39, 0.29) is 17.2 Å². The number of halogens is 2. The molecule has 0 unspecified atom stereocenters. The molecular formula is C16H14ClFO4. The molecule has 0 aromatic heterocycles. The van der Waals surface area contributed by atoms with Crippen LogP contribution in [-0.2, 0) is 11.3 Å². The van der Waals surface area contributed by atoms with Gasteiger partial charge in [0.05, 0.1) is 19.2 Å². The first-order chi connectivity index (χ1) is 10.5. The Morgan fingerprint density at radius 1 is 1.18 bits per heavy atom. The number of rotatable bonds is 5. The van der Waals surface area contributed by atoms with Crippen LogP contribution in [0.25, 0.3) is 0 Å². The van der Waals surface area contributed by atoms with Gasteiger partial charge >= 0.3 is 5.97 Å². The monoisotopic (exact) mass is 324 g/mol. The second-order valence-corrected chi connectivity index (χ2v) is 4.79. The summed E-state index contributed by atoms with van der Waals surface area (Å²) in [6.45, 7) is 0.0796. The number of ether oxygens (including phenoxy) is 3. The Hall–Kier alpha value is -2.27. The third-order valence-corrected chi connectivity index (χ3v) is 3.34. The minimum atomic E-state index is -0.525. The van der Waals surface area contributed by atoms with Gasteiger partial charge in [-0.25, -0.2) is 9.18 Å². The molecule has 6 heteroatoms. The molecule has 0 radical (unpaired) electrons. The molecule has 22 heavy (non-hydrogen) atoms. The number of benzene rings is 2. The fourth-order valence-electron chi connectivity index (χ4n) is 1.82. The van der Waals surface area contributed by atoms with Crippen LogP contribution < -0.4 is 9.47 Å². The third-order valence-electron chi connectivity index (χ3n) is 2.99. The van der Waals surface area contributed by atoms with Gasteiger partial charge < -0.3 is 14.2 Å². The average Bonchev–Trinajstić information content (AvgIpc) is 2.53. The van der Waals surface area contributed by atoms with E-state index in [4.69, 9.17) is 25.8 Å². The third kappa shape index (κ3) is 3.68.